The van der Waals surface area contributed by atoms with Gasteiger partial charge >= 0.3 is 0 Å². The van der Waals surface area contributed by atoms with Crippen LogP contribution in [0, 0.1) is 0 Å². The largest absolute Gasteiger partial charge is 0.368 e. The number of aromatic amines is 1. The highest BCUT2D eigenvalue weighted by atomic mass is 16.5. The quantitative estimate of drug-likeness (QED) is 0.586. The van der Waals surface area contributed by atoms with Gasteiger partial charge in [-0.15, -0.1) is 0 Å². The number of nitrogens with zero attached hydrogens (tertiary/aromatic N) is 2. The van der Waals surface area contributed by atoms with Crippen molar-refractivity contribution in [3.05, 3.63) is 12.2 Å². The molecule has 0 unspecified atom stereocenters. The standard InChI is InChI=1S/C12H21N5O2/c18-12(8-19-10-3-6-13-7-4-10)14-5-1-2-11-15-9-16-17-11/h9-10,13H,1-8H2,(H,14,18)(H,15,16,17). The van der Waals surface area contributed by atoms with Crippen molar-refractivity contribution in [3.63, 3.8) is 0 Å². The summed E-state index contributed by atoms with van der Waals surface area (Å²) < 4.78 is 5.57. The number of carbonyl (C=O) groups is 1. The number of hydrogen-bond donors (Lipinski definition) is 3. The zero-order valence-corrected chi connectivity index (χ0v) is 11.0. The molecule has 0 atom stereocenters. The van der Waals surface area contributed by atoms with Crippen molar-refractivity contribution >= 4 is 5.91 Å². The Morgan fingerprint density at radius 2 is 2.32 bits per heavy atom. The van der Waals surface area contributed by atoms with Crippen molar-refractivity contribution < 1.29 is 9.53 Å². The van der Waals surface area contributed by atoms with Crippen LogP contribution in [0.5, 0.6) is 0 Å². The molecule has 0 saturated carbocycles. The van der Waals surface area contributed by atoms with Crippen LogP contribution in [0.15, 0.2) is 6.33 Å². The maximum atomic E-state index is 11.6. The summed E-state index contributed by atoms with van der Waals surface area (Å²) in [6.45, 7) is 2.75. The van der Waals surface area contributed by atoms with E-state index in [-0.39, 0.29) is 18.6 Å². The summed E-state index contributed by atoms with van der Waals surface area (Å²) in [6, 6.07) is 0. The number of hydrogen-bond acceptors (Lipinski definition) is 5. The second-order valence-electron chi connectivity index (χ2n) is 4.65. The normalized spacial score (nSPS) is 16.4. The zero-order valence-electron chi connectivity index (χ0n) is 11.0. The predicted octanol–water partition coefficient (Wildman–Crippen LogP) is -0.378. The Bertz CT molecular complexity index is 362. The summed E-state index contributed by atoms with van der Waals surface area (Å²) in [5.74, 6) is 0.802. The molecule has 7 heteroatoms. The molecule has 0 bridgehead atoms. The number of carbonyl (C=O) groups excluding carboxylic acids is 1. The molecule has 2 heterocycles. The Labute approximate surface area is 112 Å². The smallest absolute Gasteiger partial charge is 0.246 e. The fraction of sp³-hybridized carbons (Fsp3) is 0.750. The molecular weight excluding hydrogens is 246 g/mol. The minimum atomic E-state index is -0.0453. The summed E-state index contributed by atoms with van der Waals surface area (Å²) in [7, 11) is 0. The van der Waals surface area contributed by atoms with Crippen molar-refractivity contribution in [1.82, 2.24) is 25.8 Å². The number of amides is 1. The van der Waals surface area contributed by atoms with Gasteiger partial charge in [-0.1, -0.05) is 0 Å². The maximum Gasteiger partial charge on any atom is 0.246 e. The Balaban J connectivity index is 1.49. The first kappa shape index (κ1) is 14.0. The molecule has 1 aromatic rings. The molecule has 3 N–H and O–H groups in total. The van der Waals surface area contributed by atoms with Gasteiger partial charge in [0, 0.05) is 13.0 Å². The third kappa shape index (κ3) is 5.35. The van der Waals surface area contributed by atoms with Crippen LogP contribution >= 0.6 is 0 Å². The minimum Gasteiger partial charge on any atom is -0.368 e. The first-order valence-electron chi connectivity index (χ1n) is 6.78. The number of ether oxygens (including phenoxy) is 1. The molecule has 0 aromatic carbocycles. The van der Waals surface area contributed by atoms with Gasteiger partial charge < -0.3 is 15.4 Å². The Hall–Kier alpha value is -1.47. The van der Waals surface area contributed by atoms with E-state index in [1.165, 1.54) is 6.33 Å². The molecule has 1 aromatic heterocycles. The van der Waals surface area contributed by atoms with Gasteiger partial charge in [0.05, 0.1) is 6.10 Å². The monoisotopic (exact) mass is 267 g/mol. The Morgan fingerprint density at radius 1 is 1.47 bits per heavy atom. The molecular formula is C12H21N5O2. The summed E-state index contributed by atoms with van der Waals surface area (Å²) in [5.41, 5.74) is 0. The fourth-order valence-corrected chi connectivity index (χ4v) is 2.04. The van der Waals surface area contributed by atoms with E-state index in [0.29, 0.717) is 6.54 Å². The van der Waals surface area contributed by atoms with Crippen LogP contribution in [0.2, 0.25) is 0 Å². The number of piperidine rings is 1. The third-order valence-corrected chi connectivity index (χ3v) is 3.11. The summed E-state index contributed by atoms with van der Waals surface area (Å²) in [4.78, 5) is 15.6. The van der Waals surface area contributed by atoms with Crippen molar-refractivity contribution in [2.75, 3.05) is 26.2 Å². The molecule has 0 aliphatic carbocycles. The summed E-state index contributed by atoms with van der Waals surface area (Å²) >= 11 is 0. The van der Waals surface area contributed by atoms with Crippen molar-refractivity contribution in [2.45, 2.75) is 31.8 Å². The molecule has 1 aliphatic rings. The highest BCUT2D eigenvalue weighted by molar-refractivity contribution is 5.77. The van der Waals surface area contributed by atoms with Crippen molar-refractivity contribution in [2.24, 2.45) is 0 Å². The summed E-state index contributed by atoms with van der Waals surface area (Å²) in [6.07, 6.45) is 5.31. The van der Waals surface area contributed by atoms with Gasteiger partial charge in [0.2, 0.25) is 5.91 Å². The van der Waals surface area contributed by atoms with Crippen LogP contribution in [-0.4, -0.2) is 53.4 Å². The Kier molecular flexibility index (Phi) is 5.77. The van der Waals surface area contributed by atoms with Crippen LogP contribution in [-0.2, 0) is 16.0 Å². The van der Waals surface area contributed by atoms with Crippen LogP contribution in [0.3, 0.4) is 0 Å². The minimum absolute atomic E-state index is 0.0453. The average molecular weight is 267 g/mol. The predicted molar refractivity (Wildman–Crippen MR) is 69.6 cm³/mol. The highest BCUT2D eigenvalue weighted by Gasteiger charge is 2.14. The van der Waals surface area contributed by atoms with E-state index in [9.17, 15) is 4.79 Å². The molecule has 1 fully saturated rings. The molecule has 2 rings (SSSR count). The SMILES string of the molecule is O=C(COC1CCNCC1)NCCCc1ncn[nH]1. The van der Waals surface area contributed by atoms with Crippen LogP contribution in [0.25, 0.3) is 0 Å². The van der Waals surface area contributed by atoms with Gasteiger partial charge in [-0.25, -0.2) is 4.98 Å². The molecule has 1 amide bonds. The maximum absolute atomic E-state index is 11.6. The topological polar surface area (TPSA) is 91.9 Å². The first-order valence-corrected chi connectivity index (χ1v) is 6.78. The molecule has 1 saturated heterocycles. The lowest BCUT2D eigenvalue weighted by Crippen LogP contribution is -2.36. The van der Waals surface area contributed by atoms with Crippen LogP contribution in [0.4, 0.5) is 0 Å². The number of rotatable bonds is 7. The zero-order chi connectivity index (χ0) is 13.3. The van der Waals surface area contributed by atoms with Gasteiger partial charge in [-0.2, -0.15) is 5.10 Å². The summed E-state index contributed by atoms with van der Waals surface area (Å²) in [5, 5.41) is 12.7. The van der Waals surface area contributed by atoms with Crippen LogP contribution in [0.1, 0.15) is 25.1 Å². The number of H-pyrrole nitrogens is 1. The van der Waals surface area contributed by atoms with Crippen LogP contribution < -0.4 is 10.6 Å². The number of nitrogens with one attached hydrogen (secondary N) is 3. The second kappa shape index (κ2) is 7.85. The van der Waals surface area contributed by atoms with E-state index in [1.807, 2.05) is 0 Å². The lowest BCUT2D eigenvalue weighted by atomic mass is 10.1. The molecule has 0 spiro atoms. The Morgan fingerprint density at radius 3 is 3.05 bits per heavy atom. The second-order valence-corrected chi connectivity index (χ2v) is 4.65. The van der Waals surface area contributed by atoms with Gasteiger partial charge in [-0.3, -0.25) is 9.89 Å². The van der Waals surface area contributed by atoms with E-state index in [0.717, 1.165) is 44.6 Å². The van der Waals surface area contributed by atoms with E-state index in [1.54, 1.807) is 0 Å². The van der Waals surface area contributed by atoms with Gasteiger partial charge in [0.15, 0.2) is 0 Å². The van der Waals surface area contributed by atoms with E-state index >= 15 is 0 Å². The van der Waals surface area contributed by atoms with Crippen molar-refractivity contribution in [3.8, 4) is 0 Å². The number of aryl methyl sites for hydroxylation is 1. The van der Waals surface area contributed by atoms with E-state index in [2.05, 4.69) is 25.8 Å². The molecule has 19 heavy (non-hydrogen) atoms. The average Bonchev–Trinajstić information content (AvgIpc) is 2.96. The van der Waals surface area contributed by atoms with Crippen molar-refractivity contribution in [1.29, 1.82) is 0 Å². The molecule has 106 valence electrons. The molecule has 7 nitrogen and oxygen atoms in total. The van der Waals surface area contributed by atoms with E-state index < -0.39 is 0 Å². The fourth-order valence-electron chi connectivity index (χ4n) is 2.04. The number of aromatic nitrogens is 3. The highest BCUT2D eigenvalue weighted by Crippen LogP contribution is 2.06. The lowest BCUT2D eigenvalue weighted by molar-refractivity contribution is -0.128. The molecule has 0 radical (unpaired) electrons. The first-order chi connectivity index (χ1) is 9.34. The van der Waals surface area contributed by atoms with Gasteiger partial charge in [0.1, 0.15) is 18.8 Å². The van der Waals surface area contributed by atoms with Gasteiger partial charge in [0.25, 0.3) is 0 Å². The molecule has 1 aliphatic heterocycles. The third-order valence-electron chi connectivity index (χ3n) is 3.11. The lowest BCUT2D eigenvalue weighted by Gasteiger charge is -2.22. The van der Waals surface area contributed by atoms with E-state index in [4.69, 9.17) is 4.74 Å². The van der Waals surface area contributed by atoms with Gasteiger partial charge in [-0.05, 0) is 32.4 Å².